The molecule has 0 saturated carbocycles. The number of hydrogen-bond donors (Lipinski definition) is 2. The Morgan fingerprint density at radius 2 is 1.85 bits per heavy atom. The molecule has 2 unspecified atom stereocenters. The molecule has 0 spiro atoms. The van der Waals surface area contributed by atoms with Crippen LogP contribution in [0.1, 0.15) is 37.0 Å². The van der Waals surface area contributed by atoms with Gasteiger partial charge in [0.25, 0.3) is 0 Å². The van der Waals surface area contributed by atoms with Crippen LogP contribution in [0.5, 0.6) is 5.75 Å². The Morgan fingerprint density at radius 3 is 2.59 bits per heavy atom. The third-order valence-corrected chi connectivity index (χ3v) is 7.71. The van der Waals surface area contributed by atoms with Crippen molar-refractivity contribution in [1.29, 1.82) is 0 Å². The highest BCUT2D eigenvalue weighted by Gasteiger charge is 2.17. The molecule has 1 aliphatic heterocycles. The maximum Gasteiger partial charge on any atom is 0.235 e. The zero-order valence-electron chi connectivity index (χ0n) is 19.6. The van der Waals surface area contributed by atoms with Crippen molar-refractivity contribution in [3.8, 4) is 5.75 Å². The molecule has 0 bridgehead atoms. The van der Waals surface area contributed by atoms with E-state index >= 15 is 0 Å². The molecule has 1 aromatic carbocycles. The number of para-hydroxylation sites is 1. The van der Waals surface area contributed by atoms with Crippen molar-refractivity contribution in [2.45, 2.75) is 44.8 Å². The standard InChI is InChI=1S/C25H35N3O4S2/c29-23(19-22-11-8-17-33-22)26-13-18-34(31)20-24(30)27-25(32-21-9-3-1-4-10-21)12-7-16-28-14-5-2-6-15-28/h1,3-4,8-11,17,25H,2,5-7,12-16,18-20H2,(H,26,29)(H,27,30). The van der Waals surface area contributed by atoms with Crippen molar-refractivity contribution in [1.82, 2.24) is 15.5 Å². The number of thiophene rings is 1. The molecular formula is C25H35N3O4S2. The summed E-state index contributed by atoms with van der Waals surface area (Å²) in [5.74, 6) is 0.418. The molecule has 2 N–H and O–H groups in total. The average molecular weight is 506 g/mol. The minimum Gasteiger partial charge on any atom is -0.471 e. The molecule has 7 nitrogen and oxygen atoms in total. The van der Waals surface area contributed by atoms with Crippen molar-refractivity contribution in [3.63, 3.8) is 0 Å². The van der Waals surface area contributed by atoms with Crippen LogP contribution in [0.2, 0.25) is 0 Å². The molecule has 1 aliphatic rings. The van der Waals surface area contributed by atoms with Crippen molar-refractivity contribution in [2.75, 3.05) is 37.7 Å². The third kappa shape index (κ3) is 10.4. The minimum atomic E-state index is -1.37. The van der Waals surface area contributed by atoms with Crippen molar-refractivity contribution >= 4 is 34.0 Å². The molecule has 3 rings (SSSR count). The Bertz CT molecular complexity index is 887. The smallest absolute Gasteiger partial charge is 0.235 e. The number of ether oxygens (including phenoxy) is 1. The summed E-state index contributed by atoms with van der Waals surface area (Å²) in [6.07, 6.45) is 5.26. The molecule has 186 valence electrons. The monoisotopic (exact) mass is 505 g/mol. The van der Waals surface area contributed by atoms with Gasteiger partial charge in [0.15, 0.2) is 6.23 Å². The van der Waals surface area contributed by atoms with Crippen molar-refractivity contribution in [2.24, 2.45) is 0 Å². The molecule has 0 aliphatic carbocycles. The SMILES string of the molecule is O=C(Cc1cccs1)NCCS(=O)CC(=O)NC(CCCN1CCCCC1)Oc1ccccc1. The Morgan fingerprint density at radius 1 is 1.06 bits per heavy atom. The van der Waals surface area contributed by atoms with Crippen molar-refractivity contribution in [3.05, 3.63) is 52.7 Å². The van der Waals surface area contributed by atoms with E-state index in [9.17, 15) is 13.8 Å². The van der Waals surface area contributed by atoms with Crippen LogP contribution >= 0.6 is 11.3 Å². The highest BCUT2D eigenvalue weighted by Crippen LogP contribution is 2.14. The van der Waals surface area contributed by atoms with Gasteiger partial charge in [0.1, 0.15) is 11.5 Å². The van der Waals surface area contributed by atoms with E-state index in [1.165, 1.54) is 30.6 Å². The molecule has 9 heteroatoms. The van der Waals surface area contributed by atoms with Gasteiger partial charge in [-0.15, -0.1) is 11.3 Å². The van der Waals surface area contributed by atoms with Gasteiger partial charge in [-0.2, -0.15) is 0 Å². The fourth-order valence-corrected chi connectivity index (χ4v) is 5.44. The Balaban J connectivity index is 1.39. The van der Waals surface area contributed by atoms with Gasteiger partial charge in [-0.3, -0.25) is 13.8 Å². The normalized spacial score (nSPS) is 15.9. The number of amides is 2. The van der Waals surface area contributed by atoms with Gasteiger partial charge in [0.2, 0.25) is 11.8 Å². The first-order chi connectivity index (χ1) is 16.6. The largest absolute Gasteiger partial charge is 0.471 e. The Kier molecular flexibility index (Phi) is 11.6. The Labute approximate surface area is 208 Å². The van der Waals surface area contributed by atoms with Crippen LogP contribution in [-0.4, -0.2) is 64.8 Å². The van der Waals surface area contributed by atoms with E-state index in [4.69, 9.17) is 4.74 Å². The number of rotatable bonds is 14. The second kappa shape index (κ2) is 14.9. The molecule has 1 fully saturated rings. The van der Waals surface area contributed by atoms with Gasteiger partial charge in [0.05, 0.1) is 6.42 Å². The zero-order valence-corrected chi connectivity index (χ0v) is 21.2. The summed E-state index contributed by atoms with van der Waals surface area (Å²) in [7, 11) is -1.37. The summed E-state index contributed by atoms with van der Waals surface area (Å²) in [5, 5.41) is 7.60. The molecule has 2 heterocycles. The summed E-state index contributed by atoms with van der Waals surface area (Å²) < 4.78 is 18.4. The molecular weight excluding hydrogens is 470 g/mol. The Hall–Kier alpha value is -2.23. The predicted octanol–water partition coefficient (Wildman–Crippen LogP) is 2.94. The van der Waals surface area contributed by atoms with E-state index in [1.54, 1.807) is 0 Å². The lowest BCUT2D eigenvalue weighted by Crippen LogP contribution is -2.42. The zero-order chi connectivity index (χ0) is 24.0. The highest BCUT2D eigenvalue weighted by molar-refractivity contribution is 7.85. The van der Waals surface area contributed by atoms with Gasteiger partial charge >= 0.3 is 0 Å². The van der Waals surface area contributed by atoms with Crippen LogP contribution < -0.4 is 15.4 Å². The second-order valence-corrected chi connectivity index (χ2v) is 11.0. The summed E-state index contributed by atoms with van der Waals surface area (Å²) >= 11 is 1.53. The maximum absolute atomic E-state index is 12.5. The molecule has 0 radical (unpaired) electrons. The molecule has 34 heavy (non-hydrogen) atoms. The number of nitrogens with one attached hydrogen (secondary N) is 2. The highest BCUT2D eigenvalue weighted by atomic mass is 32.2. The number of likely N-dealkylation sites (tertiary alicyclic amines) is 1. The first-order valence-electron chi connectivity index (χ1n) is 12.0. The third-order valence-electron chi connectivity index (χ3n) is 5.59. The first kappa shape index (κ1) is 26.4. The van der Waals surface area contributed by atoms with Crippen LogP contribution in [0.15, 0.2) is 47.8 Å². The van der Waals surface area contributed by atoms with E-state index in [2.05, 4.69) is 15.5 Å². The van der Waals surface area contributed by atoms with Gasteiger partial charge in [0, 0.05) is 34.4 Å². The van der Waals surface area contributed by atoms with E-state index in [-0.39, 0.29) is 29.9 Å². The number of carbonyl (C=O) groups is 2. The lowest BCUT2D eigenvalue weighted by atomic mass is 10.1. The van der Waals surface area contributed by atoms with E-state index < -0.39 is 17.0 Å². The van der Waals surface area contributed by atoms with Crippen LogP contribution in [0.25, 0.3) is 0 Å². The number of benzene rings is 1. The maximum atomic E-state index is 12.5. The minimum absolute atomic E-state index is 0.103. The van der Waals surface area contributed by atoms with Gasteiger partial charge < -0.3 is 20.3 Å². The summed E-state index contributed by atoms with van der Waals surface area (Å²) in [6, 6.07) is 13.2. The van der Waals surface area contributed by atoms with Crippen LogP contribution in [0.3, 0.4) is 0 Å². The summed E-state index contributed by atoms with van der Waals surface area (Å²) in [4.78, 5) is 27.9. The number of carbonyl (C=O) groups excluding carboxylic acids is 2. The van der Waals surface area contributed by atoms with Crippen LogP contribution in [0, 0.1) is 0 Å². The molecule has 2 aromatic rings. The first-order valence-corrected chi connectivity index (χ1v) is 14.3. The summed E-state index contributed by atoms with van der Waals surface area (Å²) in [6.45, 7) is 3.55. The van der Waals surface area contributed by atoms with Gasteiger partial charge in [-0.05, 0) is 62.5 Å². The lowest BCUT2D eigenvalue weighted by Gasteiger charge is -2.27. The van der Waals surface area contributed by atoms with Crippen molar-refractivity contribution < 1.29 is 18.5 Å². The summed E-state index contributed by atoms with van der Waals surface area (Å²) in [5.41, 5.74) is 0. The van der Waals surface area contributed by atoms with Crippen LogP contribution in [-0.2, 0) is 26.8 Å². The fraction of sp³-hybridized carbons (Fsp3) is 0.520. The quantitative estimate of drug-likeness (QED) is 0.386. The number of hydrogen-bond acceptors (Lipinski definition) is 6. The topological polar surface area (TPSA) is 87.7 Å². The van der Waals surface area contributed by atoms with E-state index in [0.717, 1.165) is 30.9 Å². The average Bonchev–Trinajstić information content (AvgIpc) is 3.33. The van der Waals surface area contributed by atoms with E-state index in [1.807, 2.05) is 47.8 Å². The predicted molar refractivity (Wildman–Crippen MR) is 137 cm³/mol. The van der Waals surface area contributed by atoms with Crippen LogP contribution in [0.4, 0.5) is 0 Å². The molecule has 2 amide bonds. The number of piperidine rings is 1. The molecule has 1 aromatic heterocycles. The van der Waals surface area contributed by atoms with Gasteiger partial charge in [-0.1, -0.05) is 30.7 Å². The fourth-order valence-electron chi connectivity index (χ4n) is 3.88. The molecule has 2 atom stereocenters. The lowest BCUT2D eigenvalue weighted by molar-refractivity contribution is -0.121. The van der Waals surface area contributed by atoms with E-state index in [0.29, 0.717) is 18.6 Å². The second-order valence-electron chi connectivity index (χ2n) is 8.43. The van der Waals surface area contributed by atoms with Gasteiger partial charge in [-0.25, -0.2) is 0 Å². The molecule has 1 saturated heterocycles. The number of nitrogens with zero attached hydrogens (tertiary/aromatic N) is 1.